The second-order valence-corrected chi connectivity index (χ2v) is 5.44. The highest BCUT2D eigenvalue weighted by atomic mass is 79.9. The molecule has 18 heavy (non-hydrogen) atoms. The third kappa shape index (κ3) is 3.75. The highest BCUT2D eigenvalue weighted by Crippen LogP contribution is 2.17. The fraction of sp³-hybridized carbons (Fsp3) is 0.538. The lowest BCUT2D eigenvalue weighted by atomic mass is 10.2. The Balaban J connectivity index is 1.85. The predicted molar refractivity (Wildman–Crippen MR) is 72.9 cm³/mol. The molecule has 1 aliphatic heterocycles. The maximum Gasteiger partial charge on any atom is 0.137 e. The molecule has 0 unspecified atom stereocenters. The third-order valence-corrected chi connectivity index (χ3v) is 3.91. The Kier molecular flexibility index (Phi) is 5.12. The molecule has 3 nitrogen and oxygen atoms in total. The summed E-state index contributed by atoms with van der Waals surface area (Å²) in [6.45, 7) is 5.64. The van der Waals surface area contributed by atoms with Crippen LogP contribution in [0.5, 0.6) is 0 Å². The van der Waals surface area contributed by atoms with Crippen LogP contribution in [-0.2, 0) is 6.54 Å². The SMILES string of the molecule is OCCN1CCN(Cc2ccc(Br)c(F)c2)CC1. The average molecular weight is 317 g/mol. The molecule has 0 aliphatic carbocycles. The van der Waals surface area contributed by atoms with Gasteiger partial charge in [-0.3, -0.25) is 9.80 Å². The van der Waals surface area contributed by atoms with Crippen molar-refractivity contribution in [2.75, 3.05) is 39.3 Å². The molecule has 0 amide bonds. The van der Waals surface area contributed by atoms with Crippen LogP contribution in [0.4, 0.5) is 4.39 Å². The van der Waals surface area contributed by atoms with Gasteiger partial charge < -0.3 is 5.11 Å². The molecule has 0 radical (unpaired) electrons. The Morgan fingerprint density at radius 3 is 2.44 bits per heavy atom. The van der Waals surface area contributed by atoms with Gasteiger partial charge in [0.25, 0.3) is 0 Å². The summed E-state index contributed by atoms with van der Waals surface area (Å²) in [5, 5.41) is 8.87. The maximum absolute atomic E-state index is 13.4. The molecule has 0 saturated carbocycles. The third-order valence-electron chi connectivity index (χ3n) is 3.27. The summed E-state index contributed by atoms with van der Waals surface area (Å²) < 4.78 is 13.9. The molecule has 0 bridgehead atoms. The van der Waals surface area contributed by atoms with Crippen molar-refractivity contribution in [1.82, 2.24) is 9.80 Å². The van der Waals surface area contributed by atoms with Gasteiger partial charge in [-0.1, -0.05) is 6.07 Å². The van der Waals surface area contributed by atoms with Crippen LogP contribution in [0.1, 0.15) is 5.56 Å². The van der Waals surface area contributed by atoms with E-state index in [0.717, 1.165) is 44.8 Å². The molecule has 0 aromatic heterocycles. The van der Waals surface area contributed by atoms with Gasteiger partial charge >= 0.3 is 0 Å². The van der Waals surface area contributed by atoms with Crippen LogP contribution in [0.3, 0.4) is 0 Å². The zero-order chi connectivity index (χ0) is 13.0. The number of β-amino-alcohol motifs (C(OH)–C–C–N with tert-alkyl or cyclic N) is 1. The number of aliphatic hydroxyl groups is 1. The van der Waals surface area contributed by atoms with Crippen molar-refractivity contribution >= 4 is 15.9 Å². The van der Waals surface area contributed by atoms with Crippen molar-refractivity contribution in [3.05, 3.63) is 34.1 Å². The number of hydrogen-bond donors (Lipinski definition) is 1. The smallest absolute Gasteiger partial charge is 0.137 e. The van der Waals surface area contributed by atoms with Crippen molar-refractivity contribution in [1.29, 1.82) is 0 Å². The lowest BCUT2D eigenvalue weighted by Crippen LogP contribution is -2.46. The van der Waals surface area contributed by atoms with Crippen molar-refractivity contribution in [2.45, 2.75) is 6.54 Å². The summed E-state index contributed by atoms with van der Waals surface area (Å²) in [5.74, 6) is -0.202. The molecule has 5 heteroatoms. The van der Waals surface area contributed by atoms with Crippen LogP contribution in [0.15, 0.2) is 22.7 Å². The maximum atomic E-state index is 13.4. The topological polar surface area (TPSA) is 26.7 Å². The van der Waals surface area contributed by atoms with E-state index in [2.05, 4.69) is 25.7 Å². The van der Waals surface area contributed by atoms with Crippen LogP contribution < -0.4 is 0 Å². The molecule has 2 rings (SSSR count). The molecule has 1 aliphatic rings. The number of benzene rings is 1. The highest BCUT2D eigenvalue weighted by molar-refractivity contribution is 9.10. The minimum atomic E-state index is -0.202. The minimum absolute atomic E-state index is 0.202. The van der Waals surface area contributed by atoms with E-state index in [0.29, 0.717) is 4.47 Å². The second-order valence-electron chi connectivity index (χ2n) is 4.59. The molecule has 0 spiro atoms. The monoisotopic (exact) mass is 316 g/mol. The van der Waals surface area contributed by atoms with Crippen molar-refractivity contribution < 1.29 is 9.50 Å². The number of nitrogens with zero attached hydrogens (tertiary/aromatic N) is 2. The second kappa shape index (κ2) is 6.61. The molecule has 0 atom stereocenters. The molecular weight excluding hydrogens is 299 g/mol. The Labute approximate surface area is 115 Å². The van der Waals surface area contributed by atoms with Crippen LogP contribution in [-0.4, -0.2) is 54.2 Å². The van der Waals surface area contributed by atoms with Gasteiger partial charge in [-0.2, -0.15) is 0 Å². The molecule has 1 aromatic carbocycles. The van der Waals surface area contributed by atoms with Crippen molar-refractivity contribution in [3.63, 3.8) is 0 Å². The van der Waals surface area contributed by atoms with E-state index >= 15 is 0 Å². The first-order valence-electron chi connectivity index (χ1n) is 6.18. The first-order chi connectivity index (χ1) is 8.69. The van der Waals surface area contributed by atoms with Crippen LogP contribution in [0, 0.1) is 5.82 Å². The van der Waals surface area contributed by atoms with Crippen molar-refractivity contribution in [3.8, 4) is 0 Å². The summed E-state index contributed by atoms with van der Waals surface area (Å²) in [4.78, 5) is 4.56. The first kappa shape index (κ1) is 13.9. The zero-order valence-corrected chi connectivity index (χ0v) is 11.9. The lowest BCUT2D eigenvalue weighted by molar-refractivity contribution is 0.108. The van der Waals surface area contributed by atoms with E-state index in [-0.39, 0.29) is 12.4 Å². The van der Waals surface area contributed by atoms with E-state index in [1.807, 2.05) is 6.07 Å². The standard InChI is InChI=1S/C13H18BrFN2O/c14-12-2-1-11(9-13(12)15)10-17-5-3-16(4-6-17)7-8-18/h1-2,9,18H,3-8,10H2. The molecular formula is C13H18BrFN2O. The summed E-state index contributed by atoms with van der Waals surface area (Å²) in [7, 11) is 0. The number of rotatable bonds is 4. The molecule has 100 valence electrons. The van der Waals surface area contributed by atoms with E-state index in [1.165, 1.54) is 0 Å². The number of halogens is 2. The van der Waals surface area contributed by atoms with E-state index in [9.17, 15) is 4.39 Å². The summed E-state index contributed by atoms with van der Waals surface area (Å²) in [6, 6.07) is 5.30. The number of aliphatic hydroxyl groups excluding tert-OH is 1. The molecule has 1 fully saturated rings. The summed E-state index contributed by atoms with van der Waals surface area (Å²) >= 11 is 3.16. The first-order valence-corrected chi connectivity index (χ1v) is 6.98. The van der Waals surface area contributed by atoms with Crippen LogP contribution >= 0.6 is 15.9 Å². The van der Waals surface area contributed by atoms with Crippen LogP contribution in [0.25, 0.3) is 0 Å². The van der Waals surface area contributed by atoms with Gasteiger partial charge in [0.2, 0.25) is 0 Å². The lowest BCUT2D eigenvalue weighted by Gasteiger charge is -2.34. The number of piperazine rings is 1. The van der Waals surface area contributed by atoms with Gasteiger partial charge in [-0.15, -0.1) is 0 Å². The molecule has 1 saturated heterocycles. The predicted octanol–water partition coefficient (Wildman–Crippen LogP) is 1.70. The van der Waals surface area contributed by atoms with Crippen LogP contribution in [0.2, 0.25) is 0 Å². The van der Waals surface area contributed by atoms with E-state index < -0.39 is 0 Å². The quantitative estimate of drug-likeness (QED) is 0.916. The molecule has 1 N–H and O–H groups in total. The minimum Gasteiger partial charge on any atom is -0.395 e. The van der Waals surface area contributed by atoms with Gasteiger partial charge in [0, 0.05) is 39.3 Å². The summed E-state index contributed by atoms with van der Waals surface area (Å²) in [6.07, 6.45) is 0. The normalized spacial score (nSPS) is 18.2. The van der Waals surface area contributed by atoms with Gasteiger partial charge in [0.05, 0.1) is 11.1 Å². The van der Waals surface area contributed by atoms with Gasteiger partial charge in [-0.25, -0.2) is 4.39 Å². The zero-order valence-electron chi connectivity index (χ0n) is 10.3. The molecule has 1 heterocycles. The van der Waals surface area contributed by atoms with Crippen molar-refractivity contribution in [2.24, 2.45) is 0 Å². The van der Waals surface area contributed by atoms with E-state index in [4.69, 9.17) is 5.11 Å². The average Bonchev–Trinajstić information content (AvgIpc) is 2.37. The van der Waals surface area contributed by atoms with E-state index in [1.54, 1.807) is 12.1 Å². The highest BCUT2D eigenvalue weighted by Gasteiger charge is 2.16. The van der Waals surface area contributed by atoms with Gasteiger partial charge in [0.1, 0.15) is 5.82 Å². The summed E-state index contributed by atoms with van der Waals surface area (Å²) in [5.41, 5.74) is 1.01. The Bertz CT molecular complexity index is 395. The van der Waals surface area contributed by atoms with Gasteiger partial charge in [0.15, 0.2) is 0 Å². The fourth-order valence-corrected chi connectivity index (χ4v) is 2.46. The Morgan fingerprint density at radius 1 is 1.17 bits per heavy atom. The largest absolute Gasteiger partial charge is 0.395 e. The Hall–Kier alpha value is -0.490. The fourth-order valence-electron chi connectivity index (χ4n) is 2.21. The van der Waals surface area contributed by atoms with Gasteiger partial charge in [-0.05, 0) is 33.6 Å². The number of hydrogen-bond acceptors (Lipinski definition) is 3. The Morgan fingerprint density at radius 2 is 1.83 bits per heavy atom. The molecule has 1 aromatic rings.